The molecule has 3 rings (SSSR count). The van der Waals surface area contributed by atoms with Gasteiger partial charge in [0, 0.05) is 18.4 Å². The van der Waals surface area contributed by atoms with Crippen molar-refractivity contribution < 1.29 is 35.5 Å². The van der Waals surface area contributed by atoms with Crippen LogP contribution in [0.5, 0.6) is 0 Å². The number of hydrogen-bond acceptors (Lipinski definition) is 2. The van der Waals surface area contributed by atoms with Crippen LogP contribution in [0.3, 0.4) is 0 Å². The van der Waals surface area contributed by atoms with E-state index in [1.54, 1.807) is 12.1 Å². The summed E-state index contributed by atoms with van der Waals surface area (Å²) in [6.07, 6.45) is -8.44. The Bertz CT molecular complexity index is 964. The van der Waals surface area contributed by atoms with Crippen LogP contribution in [0.4, 0.5) is 30.7 Å². The fourth-order valence-electron chi connectivity index (χ4n) is 4.49. The van der Waals surface area contributed by atoms with E-state index >= 15 is 0 Å². The molecule has 0 radical (unpaired) electrons. The van der Waals surface area contributed by atoms with Gasteiger partial charge >= 0.3 is 12.4 Å². The van der Waals surface area contributed by atoms with Crippen molar-refractivity contribution in [2.24, 2.45) is 5.92 Å². The molecule has 0 bridgehead atoms. The second-order valence-electron chi connectivity index (χ2n) is 8.82. The Hall–Kier alpha value is -2.62. The van der Waals surface area contributed by atoms with E-state index in [2.05, 4.69) is 10.6 Å². The van der Waals surface area contributed by atoms with Gasteiger partial charge in [-0.25, -0.2) is 4.39 Å². The van der Waals surface area contributed by atoms with E-state index in [-0.39, 0.29) is 24.0 Å². The smallest absolute Gasteiger partial charge is 0.352 e. The highest BCUT2D eigenvalue weighted by molar-refractivity contribution is 5.77. The van der Waals surface area contributed by atoms with Crippen molar-refractivity contribution in [1.82, 2.24) is 10.6 Å². The third-order valence-corrected chi connectivity index (χ3v) is 6.41. The molecule has 0 aliphatic carbocycles. The summed E-state index contributed by atoms with van der Waals surface area (Å²) >= 11 is 0. The molecule has 1 aliphatic heterocycles. The van der Waals surface area contributed by atoms with Gasteiger partial charge < -0.3 is 10.6 Å². The molecule has 2 aromatic carbocycles. The third-order valence-electron chi connectivity index (χ3n) is 6.41. The van der Waals surface area contributed by atoms with Gasteiger partial charge in [0.25, 0.3) is 0 Å². The zero-order valence-corrected chi connectivity index (χ0v) is 18.4. The molecular formula is C24H25F7N2O. The van der Waals surface area contributed by atoms with Crippen molar-refractivity contribution >= 4 is 5.91 Å². The first-order chi connectivity index (χ1) is 15.8. The first kappa shape index (κ1) is 26.0. The Morgan fingerprint density at radius 3 is 1.94 bits per heavy atom. The molecule has 2 N–H and O–H groups in total. The van der Waals surface area contributed by atoms with Crippen LogP contribution >= 0.6 is 0 Å². The molecule has 1 unspecified atom stereocenters. The minimum atomic E-state index is -4.96. The van der Waals surface area contributed by atoms with Crippen molar-refractivity contribution in [1.29, 1.82) is 0 Å². The first-order valence-electron chi connectivity index (χ1n) is 10.8. The second kappa shape index (κ2) is 9.93. The molecule has 1 atom stereocenters. The lowest BCUT2D eigenvalue weighted by atomic mass is 9.66. The number of piperidine rings is 1. The number of halogens is 7. The van der Waals surface area contributed by atoms with Gasteiger partial charge in [0.1, 0.15) is 5.82 Å². The number of hydrogen-bond donors (Lipinski definition) is 2. The van der Waals surface area contributed by atoms with Crippen LogP contribution in [-0.4, -0.2) is 19.0 Å². The van der Waals surface area contributed by atoms with Gasteiger partial charge in [0.2, 0.25) is 5.91 Å². The molecule has 1 amide bonds. The Kier molecular flexibility index (Phi) is 7.59. The molecule has 3 nitrogen and oxygen atoms in total. The summed E-state index contributed by atoms with van der Waals surface area (Å²) in [5, 5.41) is 5.71. The monoisotopic (exact) mass is 490 g/mol. The highest BCUT2D eigenvalue weighted by atomic mass is 19.4. The minimum Gasteiger partial charge on any atom is -0.352 e. The van der Waals surface area contributed by atoms with Crippen LogP contribution in [0.1, 0.15) is 48.4 Å². The number of amides is 1. The van der Waals surface area contributed by atoms with E-state index in [0.717, 1.165) is 31.5 Å². The summed E-state index contributed by atoms with van der Waals surface area (Å²) in [5.41, 5.74) is -3.12. The normalized spacial score (nSPS) is 17.3. The molecular weight excluding hydrogens is 465 g/mol. The molecule has 0 saturated carbocycles. The standard InChI is InChI=1S/C24H25F7N2O/c1-22(17-6-8-32-9-7-17,16-2-4-20(25)5-3-16)13-21(34)33-14-15-10-18(23(26,27)28)12-19(11-15)24(29,30)31/h2-5,10-12,17,32H,6-9,13-14H2,1H3,(H,33,34). The van der Waals surface area contributed by atoms with Gasteiger partial charge in [-0.1, -0.05) is 19.1 Å². The zero-order valence-electron chi connectivity index (χ0n) is 18.4. The number of benzene rings is 2. The van der Waals surface area contributed by atoms with Gasteiger partial charge in [0.15, 0.2) is 0 Å². The summed E-state index contributed by atoms with van der Waals surface area (Å²) in [4.78, 5) is 12.8. The van der Waals surface area contributed by atoms with Crippen molar-refractivity contribution in [3.05, 3.63) is 70.5 Å². The molecule has 0 aromatic heterocycles. The lowest BCUT2D eigenvalue weighted by Gasteiger charge is -2.40. The fourth-order valence-corrected chi connectivity index (χ4v) is 4.49. The van der Waals surface area contributed by atoms with E-state index in [1.165, 1.54) is 12.1 Å². The molecule has 186 valence electrons. The Labute approximate surface area is 192 Å². The highest BCUT2D eigenvalue weighted by Gasteiger charge is 2.39. The quantitative estimate of drug-likeness (QED) is 0.501. The summed E-state index contributed by atoms with van der Waals surface area (Å²) < 4.78 is 92.0. The molecule has 1 saturated heterocycles. The Morgan fingerprint density at radius 1 is 0.912 bits per heavy atom. The maximum atomic E-state index is 13.5. The van der Waals surface area contributed by atoms with Crippen molar-refractivity contribution in [3.63, 3.8) is 0 Å². The van der Waals surface area contributed by atoms with Crippen LogP contribution in [0.15, 0.2) is 42.5 Å². The first-order valence-corrected chi connectivity index (χ1v) is 10.8. The summed E-state index contributed by atoms with van der Waals surface area (Å²) in [6.45, 7) is 2.88. The molecule has 34 heavy (non-hydrogen) atoms. The number of nitrogens with one attached hydrogen (secondary N) is 2. The fraction of sp³-hybridized carbons (Fsp3) is 0.458. The zero-order chi connectivity index (χ0) is 25.1. The molecule has 1 heterocycles. The largest absolute Gasteiger partial charge is 0.416 e. The molecule has 1 aliphatic rings. The van der Waals surface area contributed by atoms with Crippen LogP contribution in [0.25, 0.3) is 0 Å². The number of carbonyl (C=O) groups is 1. The van der Waals surface area contributed by atoms with E-state index in [9.17, 15) is 35.5 Å². The molecule has 2 aromatic rings. The maximum absolute atomic E-state index is 13.5. The van der Waals surface area contributed by atoms with Crippen LogP contribution in [0, 0.1) is 11.7 Å². The Morgan fingerprint density at radius 2 is 1.44 bits per heavy atom. The summed E-state index contributed by atoms with van der Waals surface area (Å²) in [6, 6.07) is 7.05. The summed E-state index contributed by atoms with van der Waals surface area (Å²) in [5.74, 6) is -0.863. The predicted octanol–water partition coefficient (Wildman–Crippen LogP) is 5.83. The minimum absolute atomic E-state index is 0.0472. The van der Waals surface area contributed by atoms with E-state index in [4.69, 9.17) is 0 Å². The average molecular weight is 490 g/mol. The number of alkyl halides is 6. The van der Waals surface area contributed by atoms with E-state index in [1.807, 2.05) is 6.92 Å². The van der Waals surface area contributed by atoms with E-state index < -0.39 is 47.2 Å². The molecule has 0 spiro atoms. The second-order valence-corrected chi connectivity index (χ2v) is 8.82. The lowest BCUT2D eigenvalue weighted by molar-refractivity contribution is -0.143. The summed E-state index contributed by atoms with van der Waals surface area (Å²) in [7, 11) is 0. The maximum Gasteiger partial charge on any atom is 0.416 e. The topological polar surface area (TPSA) is 41.1 Å². The number of carbonyl (C=O) groups excluding carboxylic acids is 1. The van der Waals surface area contributed by atoms with Gasteiger partial charge in [-0.3, -0.25) is 4.79 Å². The van der Waals surface area contributed by atoms with Gasteiger partial charge in [-0.05, 0) is 73.3 Å². The van der Waals surface area contributed by atoms with Gasteiger partial charge in [-0.15, -0.1) is 0 Å². The average Bonchev–Trinajstić information content (AvgIpc) is 2.77. The van der Waals surface area contributed by atoms with Gasteiger partial charge in [-0.2, -0.15) is 26.3 Å². The third kappa shape index (κ3) is 6.28. The van der Waals surface area contributed by atoms with Crippen molar-refractivity contribution in [2.75, 3.05) is 13.1 Å². The lowest BCUT2D eigenvalue weighted by Crippen LogP contribution is -2.43. The van der Waals surface area contributed by atoms with Crippen LogP contribution < -0.4 is 10.6 Å². The molecule has 1 fully saturated rings. The van der Waals surface area contributed by atoms with Crippen LogP contribution in [-0.2, 0) is 29.1 Å². The molecule has 10 heteroatoms. The predicted molar refractivity (Wildman–Crippen MR) is 112 cm³/mol. The van der Waals surface area contributed by atoms with Gasteiger partial charge in [0.05, 0.1) is 11.1 Å². The Balaban J connectivity index is 1.80. The van der Waals surface area contributed by atoms with Crippen molar-refractivity contribution in [2.45, 2.75) is 50.5 Å². The number of rotatable bonds is 6. The van der Waals surface area contributed by atoms with E-state index in [0.29, 0.717) is 12.1 Å². The van der Waals surface area contributed by atoms with Crippen LogP contribution in [0.2, 0.25) is 0 Å². The van der Waals surface area contributed by atoms with Crippen molar-refractivity contribution in [3.8, 4) is 0 Å². The highest BCUT2D eigenvalue weighted by Crippen LogP contribution is 2.40. The SMILES string of the molecule is CC(CC(=O)NCc1cc(C(F)(F)F)cc(C(F)(F)F)c1)(c1ccc(F)cc1)C1CCNCC1.